The number of pyridine rings is 1. The molecule has 0 radical (unpaired) electrons. The summed E-state index contributed by atoms with van der Waals surface area (Å²) in [6.45, 7) is 6.26. The number of piperazine rings is 1. The minimum absolute atomic E-state index is 0.0955. The average molecular weight is 383 g/mol. The lowest BCUT2D eigenvalue weighted by atomic mass is 10.0. The molecule has 3 N–H and O–H groups in total. The van der Waals surface area contributed by atoms with Crippen molar-refractivity contribution in [1.29, 1.82) is 0 Å². The topological polar surface area (TPSA) is 60.4 Å². The summed E-state index contributed by atoms with van der Waals surface area (Å²) < 4.78 is 0. The highest BCUT2D eigenvalue weighted by Crippen LogP contribution is 2.32. The molecule has 0 unspecified atom stereocenters. The van der Waals surface area contributed by atoms with Gasteiger partial charge in [0.1, 0.15) is 5.75 Å². The van der Waals surface area contributed by atoms with E-state index >= 15 is 0 Å². The van der Waals surface area contributed by atoms with Crippen LogP contribution in [0.3, 0.4) is 0 Å². The molecule has 3 aromatic rings. The molecule has 0 atom stereocenters. The molecule has 0 amide bonds. The first-order chi connectivity index (χ1) is 13.2. The van der Waals surface area contributed by atoms with Crippen LogP contribution >= 0.6 is 11.6 Å². The number of hydrogen-bond donors (Lipinski definition) is 3. The summed E-state index contributed by atoms with van der Waals surface area (Å²) in [4.78, 5) is 6.95. The largest absolute Gasteiger partial charge is 0.506 e. The number of phenols is 1. The van der Waals surface area contributed by atoms with Crippen molar-refractivity contribution in [1.82, 2.24) is 15.2 Å². The van der Waals surface area contributed by atoms with Crippen LogP contribution in [0.5, 0.6) is 5.75 Å². The lowest BCUT2D eigenvalue weighted by Crippen LogP contribution is -2.45. The first kappa shape index (κ1) is 18.0. The van der Waals surface area contributed by atoms with E-state index in [1.165, 1.54) is 0 Å². The maximum Gasteiger partial charge on any atom is 0.134 e. The van der Waals surface area contributed by atoms with Crippen molar-refractivity contribution in [3.63, 3.8) is 0 Å². The third-order valence-electron chi connectivity index (χ3n) is 4.98. The predicted molar refractivity (Wildman–Crippen MR) is 112 cm³/mol. The molecule has 4 rings (SSSR count). The summed E-state index contributed by atoms with van der Waals surface area (Å²) in [5, 5.41) is 18.0. The van der Waals surface area contributed by atoms with E-state index in [4.69, 9.17) is 11.6 Å². The van der Waals surface area contributed by atoms with Gasteiger partial charge in [0.25, 0.3) is 0 Å². The zero-order chi connectivity index (χ0) is 18.6. The molecular weight excluding hydrogens is 360 g/mol. The van der Waals surface area contributed by atoms with Crippen LogP contribution in [0.2, 0.25) is 5.02 Å². The van der Waals surface area contributed by atoms with E-state index in [0.29, 0.717) is 5.02 Å². The van der Waals surface area contributed by atoms with Crippen LogP contribution in [-0.4, -0.2) is 54.3 Å². The van der Waals surface area contributed by atoms with Gasteiger partial charge in [-0.15, -0.1) is 0 Å². The quantitative estimate of drug-likeness (QED) is 0.629. The van der Waals surface area contributed by atoms with Crippen molar-refractivity contribution >= 4 is 28.2 Å². The van der Waals surface area contributed by atoms with Gasteiger partial charge in [-0.05, 0) is 41.5 Å². The summed E-state index contributed by atoms with van der Waals surface area (Å²) in [5.41, 5.74) is 4.05. The number of aromatic hydroxyl groups is 1. The van der Waals surface area contributed by atoms with E-state index in [9.17, 15) is 5.11 Å². The first-order valence-electron chi connectivity index (χ1n) is 9.25. The normalized spacial score (nSPS) is 15.1. The van der Waals surface area contributed by atoms with E-state index in [2.05, 4.69) is 26.6 Å². The van der Waals surface area contributed by atoms with Crippen LogP contribution in [0, 0.1) is 0 Å². The minimum atomic E-state index is 0.0955. The van der Waals surface area contributed by atoms with Crippen molar-refractivity contribution < 1.29 is 5.11 Å². The molecule has 27 heavy (non-hydrogen) atoms. The molecule has 1 saturated heterocycles. The fourth-order valence-corrected chi connectivity index (χ4v) is 3.63. The van der Waals surface area contributed by atoms with Gasteiger partial charge in [0.15, 0.2) is 0 Å². The van der Waals surface area contributed by atoms with Gasteiger partial charge in [0.05, 0.1) is 10.5 Å². The molecule has 1 fully saturated rings. The molecule has 0 aliphatic carbocycles. The van der Waals surface area contributed by atoms with E-state index in [-0.39, 0.29) is 5.75 Å². The van der Waals surface area contributed by atoms with Crippen molar-refractivity contribution in [3.8, 4) is 16.9 Å². The maximum atomic E-state index is 9.65. The van der Waals surface area contributed by atoms with Gasteiger partial charge < -0.3 is 15.7 Å². The Kier molecular flexibility index (Phi) is 5.43. The van der Waals surface area contributed by atoms with Gasteiger partial charge in [-0.3, -0.25) is 9.88 Å². The van der Waals surface area contributed by atoms with Crippen molar-refractivity contribution in [3.05, 3.63) is 53.7 Å². The number of nitrogens with zero attached hydrogens (tertiary/aromatic N) is 2. The summed E-state index contributed by atoms with van der Waals surface area (Å²) in [6, 6.07) is 13.5. The fraction of sp³-hybridized carbons (Fsp3) is 0.286. The van der Waals surface area contributed by atoms with Crippen LogP contribution in [0.25, 0.3) is 22.0 Å². The van der Waals surface area contributed by atoms with Crippen LogP contribution in [0.1, 0.15) is 0 Å². The second-order valence-electron chi connectivity index (χ2n) is 6.78. The Morgan fingerprint density at radius 1 is 1.07 bits per heavy atom. The highest BCUT2D eigenvalue weighted by molar-refractivity contribution is 6.32. The average Bonchev–Trinajstić information content (AvgIpc) is 2.71. The Bertz CT molecular complexity index is 941. The Morgan fingerprint density at radius 2 is 1.85 bits per heavy atom. The second kappa shape index (κ2) is 8.13. The zero-order valence-electron chi connectivity index (χ0n) is 15.1. The van der Waals surface area contributed by atoms with Crippen LogP contribution in [-0.2, 0) is 0 Å². The standard InChI is InChI=1S/C21H23ClN4O/c22-18-14-16(2-4-21(18)27)15-1-3-19-17(13-15)20(5-6-24-19)25-9-12-26-10-7-23-8-11-26/h1-6,13-14,23,27H,7-12H2,(H,24,25). The van der Waals surface area contributed by atoms with Crippen LogP contribution < -0.4 is 10.6 Å². The molecule has 1 aliphatic rings. The summed E-state index contributed by atoms with van der Waals surface area (Å²) in [6.07, 6.45) is 1.84. The first-order valence-corrected chi connectivity index (χ1v) is 9.63. The highest BCUT2D eigenvalue weighted by Gasteiger charge is 2.10. The number of rotatable bonds is 5. The van der Waals surface area contributed by atoms with Gasteiger partial charge in [0.2, 0.25) is 0 Å². The molecule has 6 heteroatoms. The molecule has 0 bridgehead atoms. The Morgan fingerprint density at radius 3 is 2.67 bits per heavy atom. The monoisotopic (exact) mass is 382 g/mol. The van der Waals surface area contributed by atoms with Gasteiger partial charge in [-0.25, -0.2) is 0 Å². The van der Waals surface area contributed by atoms with Gasteiger partial charge in [-0.1, -0.05) is 23.7 Å². The van der Waals surface area contributed by atoms with Crippen molar-refractivity contribution in [2.45, 2.75) is 0 Å². The molecule has 2 aromatic carbocycles. The molecule has 2 heterocycles. The van der Waals surface area contributed by atoms with Crippen LogP contribution in [0.15, 0.2) is 48.7 Å². The number of benzene rings is 2. The van der Waals surface area contributed by atoms with Gasteiger partial charge in [-0.2, -0.15) is 0 Å². The number of anilines is 1. The lowest BCUT2D eigenvalue weighted by Gasteiger charge is -2.27. The predicted octanol–water partition coefficient (Wildman–Crippen LogP) is 3.58. The van der Waals surface area contributed by atoms with E-state index in [1.807, 2.05) is 30.5 Å². The number of phenolic OH excluding ortho intramolecular Hbond substituents is 1. The van der Waals surface area contributed by atoms with E-state index < -0.39 is 0 Å². The fourth-order valence-electron chi connectivity index (χ4n) is 3.45. The second-order valence-corrected chi connectivity index (χ2v) is 7.18. The SMILES string of the molecule is Oc1ccc(-c2ccc3nccc(NCCN4CCNCC4)c3c2)cc1Cl. The minimum Gasteiger partial charge on any atom is -0.506 e. The Balaban J connectivity index is 1.56. The smallest absolute Gasteiger partial charge is 0.134 e. The van der Waals surface area contributed by atoms with Gasteiger partial charge in [0, 0.05) is 56.5 Å². The number of hydrogen-bond acceptors (Lipinski definition) is 5. The number of fused-ring (bicyclic) bond motifs is 1. The molecule has 1 aromatic heterocycles. The third-order valence-corrected chi connectivity index (χ3v) is 5.28. The number of halogens is 1. The Hall–Kier alpha value is -2.34. The summed E-state index contributed by atoms with van der Waals surface area (Å²) >= 11 is 6.07. The molecule has 1 aliphatic heterocycles. The van der Waals surface area contributed by atoms with E-state index in [0.717, 1.165) is 67.0 Å². The highest BCUT2D eigenvalue weighted by atomic mass is 35.5. The molecule has 5 nitrogen and oxygen atoms in total. The summed E-state index contributed by atoms with van der Waals surface area (Å²) in [5.74, 6) is 0.0955. The molecular formula is C21H23ClN4O. The van der Waals surface area contributed by atoms with Gasteiger partial charge >= 0.3 is 0 Å². The van der Waals surface area contributed by atoms with Crippen molar-refractivity contribution in [2.75, 3.05) is 44.6 Å². The zero-order valence-corrected chi connectivity index (χ0v) is 15.8. The number of aromatic nitrogens is 1. The molecule has 0 saturated carbocycles. The Labute approximate surface area is 164 Å². The number of nitrogens with one attached hydrogen (secondary N) is 2. The third kappa shape index (κ3) is 4.16. The molecule has 0 spiro atoms. The van der Waals surface area contributed by atoms with Crippen molar-refractivity contribution in [2.24, 2.45) is 0 Å². The molecule has 140 valence electrons. The summed E-state index contributed by atoms with van der Waals surface area (Å²) in [7, 11) is 0. The van der Waals surface area contributed by atoms with Crippen LogP contribution in [0.4, 0.5) is 5.69 Å². The maximum absolute atomic E-state index is 9.65. The van der Waals surface area contributed by atoms with E-state index in [1.54, 1.807) is 12.1 Å². The lowest BCUT2D eigenvalue weighted by molar-refractivity contribution is 0.249.